The number of pyridine rings is 1. The van der Waals surface area contributed by atoms with Gasteiger partial charge in [-0.3, -0.25) is 9.79 Å². The van der Waals surface area contributed by atoms with Crippen molar-refractivity contribution in [2.45, 2.75) is 6.92 Å². The van der Waals surface area contributed by atoms with E-state index < -0.39 is 0 Å². The minimum Gasteiger partial charge on any atom is -0.320 e. The molecule has 0 unspecified atom stereocenters. The Hall–Kier alpha value is -2.16. The summed E-state index contributed by atoms with van der Waals surface area (Å²) in [5.74, 6) is 0. The third-order valence-corrected chi connectivity index (χ3v) is 2.39. The Labute approximate surface area is 93.2 Å². The number of H-pyrrole nitrogens is 1. The molecule has 0 aliphatic rings. The van der Waals surface area contributed by atoms with E-state index in [-0.39, 0.29) is 5.56 Å². The van der Waals surface area contributed by atoms with Gasteiger partial charge in [0, 0.05) is 17.0 Å². The highest BCUT2D eigenvalue weighted by Gasteiger charge is 2.07. The molecule has 80 valence electrons. The molecule has 2 aromatic rings. The molecule has 0 aliphatic carbocycles. The standard InChI is InChI=1S/C13H12N2O/c1-3-11-12(14-4-2)9-7-5-6-8-10(9)13(16)15-11/h3-8H,1H2,2H3,(H,15,16). The molecule has 1 aromatic heterocycles. The highest BCUT2D eigenvalue weighted by Crippen LogP contribution is 2.26. The zero-order chi connectivity index (χ0) is 11.5. The zero-order valence-corrected chi connectivity index (χ0v) is 9.03. The van der Waals surface area contributed by atoms with Gasteiger partial charge in [0.15, 0.2) is 0 Å². The van der Waals surface area contributed by atoms with Crippen LogP contribution in [0.1, 0.15) is 12.6 Å². The molecule has 1 N–H and O–H groups in total. The monoisotopic (exact) mass is 212 g/mol. The van der Waals surface area contributed by atoms with Crippen LogP contribution in [0.4, 0.5) is 5.69 Å². The van der Waals surface area contributed by atoms with E-state index in [1.165, 1.54) is 0 Å². The molecule has 0 saturated carbocycles. The van der Waals surface area contributed by atoms with Gasteiger partial charge in [-0.05, 0) is 19.1 Å². The van der Waals surface area contributed by atoms with E-state index in [2.05, 4.69) is 16.6 Å². The lowest BCUT2D eigenvalue weighted by molar-refractivity contribution is 1.24. The molecule has 0 aliphatic heterocycles. The lowest BCUT2D eigenvalue weighted by Crippen LogP contribution is -2.07. The molecule has 1 aromatic carbocycles. The zero-order valence-electron chi connectivity index (χ0n) is 9.03. The first-order valence-electron chi connectivity index (χ1n) is 5.04. The normalized spacial score (nSPS) is 11.1. The second-order valence-corrected chi connectivity index (χ2v) is 3.35. The Balaban J connectivity index is 2.98. The smallest absolute Gasteiger partial charge is 0.256 e. The first-order chi connectivity index (χ1) is 7.77. The van der Waals surface area contributed by atoms with Gasteiger partial charge >= 0.3 is 0 Å². The van der Waals surface area contributed by atoms with Gasteiger partial charge in [-0.2, -0.15) is 0 Å². The summed E-state index contributed by atoms with van der Waals surface area (Å²) >= 11 is 0. The largest absolute Gasteiger partial charge is 0.320 e. The highest BCUT2D eigenvalue weighted by atomic mass is 16.1. The van der Waals surface area contributed by atoms with Gasteiger partial charge in [-0.1, -0.05) is 24.8 Å². The fourth-order valence-electron chi connectivity index (χ4n) is 1.70. The molecule has 0 amide bonds. The van der Waals surface area contributed by atoms with Crippen molar-refractivity contribution in [1.29, 1.82) is 0 Å². The summed E-state index contributed by atoms with van der Waals surface area (Å²) in [6, 6.07) is 7.41. The first kappa shape index (κ1) is 10.4. The average molecular weight is 212 g/mol. The molecule has 3 nitrogen and oxygen atoms in total. The van der Waals surface area contributed by atoms with Crippen LogP contribution in [0.25, 0.3) is 16.8 Å². The quantitative estimate of drug-likeness (QED) is 0.764. The van der Waals surface area contributed by atoms with E-state index in [9.17, 15) is 4.79 Å². The topological polar surface area (TPSA) is 45.2 Å². The van der Waals surface area contributed by atoms with Gasteiger partial charge in [0.1, 0.15) is 0 Å². The minimum absolute atomic E-state index is 0.111. The molecule has 0 saturated heterocycles. The summed E-state index contributed by atoms with van der Waals surface area (Å²) in [4.78, 5) is 18.8. The van der Waals surface area contributed by atoms with E-state index in [0.29, 0.717) is 11.1 Å². The van der Waals surface area contributed by atoms with E-state index >= 15 is 0 Å². The van der Waals surface area contributed by atoms with Crippen LogP contribution in [-0.4, -0.2) is 11.2 Å². The maximum atomic E-state index is 11.8. The maximum absolute atomic E-state index is 11.8. The second-order valence-electron chi connectivity index (χ2n) is 3.35. The van der Waals surface area contributed by atoms with E-state index in [1.54, 1.807) is 18.4 Å². The van der Waals surface area contributed by atoms with Crippen LogP contribution in [0, 0.1) is 0 Å². The van der Waals surface area contributed by atoms with Gasteiger partial charge in [0.2, 0.25) is 0 Å². The van der Waals surface area contributed by atoms with Crippen LogP contribution in [0.3, 0.4) is 0 Å². The van der Waals surface area contributed by atoms with Crippen LogP contribution < -0.4 is 5.56 Å². The summed E-state index contributed by atoms with van der Waals surface area (Å²) in [6.45, 7) is 5.52. The maximum Gasteiger partial charge on any atom is 0.256 e. The Morgan fingerprint density at radius 1 is 1.31 bits per heavy atom. The molecule has 0 radical (unpaired) electrons. The van der Waals surface area contributed by atoms with Crippen molar-refractivity contribution >= 4 is 28.8 Å². The number of benzene rings is 1. The van der Waals surface area contributed by atoms with Gasteiger partial charge in [-0.25, -0.2) is 0 Å². The van der Waals surface area contributed by atoms with Gasteiger partial charge in [0.05, 0.1) is 11.4 Å². The number of aliphatic imine (C=N–C) groups is 1. The predicted molar refractivity (Wildman–Crippen MR) is 68.5 cm³/mol. The number of hydrogen-bond acceptors (Lipinski definition) is 2. The number of nitrogens with zero attached hydrogens (tertiary/aromatic N) is 1. The molecule has 0 atom stereocenters. The van der Waals surface area contributed by atoms with Crippen molar-refractivity contribution < 1.29 is 0 Å². The number of fused-ring (bicyclic) bond motifs is 1. The minimum atomic E-state index is -0.111. The molecule has 1 heterocycles. The molecule has 3 heteroatoms. The second kappa shape index (κ2) is 4.14. The molecule has 2 rings (SSSR count). The van der Waals surface area contributed by atoms with Crippen LogP contribution >= 0.6 is 0 Å². The van der Waals surface area contributed by atoms with E-state index in [4.69, 9.17) is 0 Å². The van der Waals surface area contributed by atoms with Gasteiger partial charge < -0.3 is 4.98 Å². The SMILES string of the molecule is C=Cc1[nH]c(=O)c2ccccc2c1N=CC. The number of aromatic amines is 1. The summed E-state index contributed by atoms with van der Waals surface area (Å²) in [7, 11) is 0. The number of rotatable bonds is 2. The Morgan fingerprint density at radius 3 is 2.62 bits per heavy atom. The third kappa shape index (κ3) is 1.56. The van der Waals surface area contributed by atoms with Crippen molar-refractivity contribution in [2.75, 3.05) is 0 Å². The highest BCUT2D eigenvalue weighted by molar-refractivity contribution is 5.95. The van der Waals surface area contributed by atoms with E-state index in [1.807, 2.05) is 25.1 Å². The van der Waals surface area contributed by atoms with Crippen molar-refractivity contribution in [1.82, 2.24) is 4.98 Å². The summed E-state index contributed by atoms with van der Waals surface area (Å²) in [5, 5.41) is 1.49. The molecular formula is C13H12N2O. The molecule has 16 heavy (non-hydrogen) atoms. The molecule has 0 fully saturated rings. The lowest BCUT2D eigenvalue weighted by atomic mass is 10.1. The molecule has 0 spiro atoms. The molecule has 0 bridgehead atoms. The number of aromatic nitrogens is 1. The van der Waals surface area contributed by atoms with E-state index in [0.717, 1.165) is 11.1 Å². The van der Waals surface area contributed by atoms with Crippen molar-refractivity contribution in [3.05, 3.63) is 46.9 Å². The fourth-order valence-corrected chi connectivity index (χ4v) is 1.70. The lowest BCUT2D eigenvalue weighted by Gasteiger charge is -2.05. The van der Waals surface area contributed by atoms with Crippen LogP contribution in [0.5, 0.6) is 0 Å². The Kier molecular flexibility index (Phi) is 2.68. The summed E-state index contributed by atoms with van der Waals surface area (Å²) in [5.41, 5.74) is 1.30. The Morgan fingerprint density at radius 2 is 2.00 bits per heavy atom. The summed E-state index contributed by atoms with van der Waals surface area (Å²) < 4.78 is 0. The van der Waals surface area contributed by atoms with Crippen molar-refractivity contribution in [3.8, 4) is 0 Å². The Bertz CT molecular complexity index is 623. The number of nitrogens with one attached hydrogen (secondary N) is 1. The first-order valence-corrected chi connectivity index (χ1v) is 5.04. The van der Waals surface area contributed by atoms with Gasteiger partial charge in [-0.15, -0.1) is 0 Å². The number of hydrogen-bond donors (Lipinski definition) is 1. The average Bonchev–Trinajstić information content (AvgIpc) is 2.33. The predicted octanol–water partition coefficient (Wildman–Crippen LogP) is 2.89. The fraction of sp³-hybridized carbons (Fsp3) is 0.0769. The third-order valence-electron chi connectivity index (χ3n) is 2.39. The van der Waals surface area contributed by atoms with Crippen LogP contribution in [0.15, 0.2) is 40.6 Å². The molecular weight excluding hydrogens is 200 g/mol. The van der Waals surface area contributed by atoms with Crippen LogP contribution in [-0.2, 0) is 0 Å². The van der Waals surface area contributed by atoms with Crippen molar-refractivity contribution in [2.24, 2.45) is 4.99 Å². The van der Waals surface area contributed by atoms with Crippen molar-refractivity contribution in [3.63, 3.8) is 0 Å². The van der Waals surface area contributed by atoms with Gasteiger partial charge in [0.25, 0.3) is 5.56 Å². The van der Waals surface area contributed by atoms with Crippen LogP contribution in [0.2, 0.25) is 0 Å². The summed E-state index contributed by atoms with van der Waals surface area (Å²) in [6.07, 6.45) is 3.31.